The Morgan fingerprint density at radius 3 is 2.44 bits per heavy atom. The minimum Gasteiger partial charge on any atom is -0.319 e. The van der Waals surface area contributed by atoms with E-state index in [4.69, 9.17) is 5.73 Å². The summed E-state index contributed by atoms with van der Waals surface area (Å²) in [4.78, 5) is 8.75. The highest BCUT2D eigenvalue weighted by atomic mass is 79.9. The number of halogens is 1. The van der Waals surface area contributed by atoms with Gasteiger partial charge in [0.25, 0.3) is 0 Å². The summed E-state index contributed by atoms with van der Waals surface area (Å²) in [5.74, 6) is 0.684. The average molecular weight is 306 g/mol. The van der Waals surface area contributed by atoms with Gasteiger partial charge in [0, 0.05) is 22.4 Å². The summed E-state index contributed by atoms with van der Waals surface area (Å²) in [5, 5.41) is 0. The molecule has 0 fully saturated rings. The molecule has 18 heavy (non-hydrogen) atoms. The number of aromatic nitrogens is 2. The van der Waals surface area contributed by atoms with Crippen molar-refractivity contribution in [2.75, 3.05) is 0 Å². The van der Waals surface area contributed by atoms with Gasteiger partial charge in [-0.15, -0.1) is 0 Å². The van der Waals surface area contributed by atoms with Crippen molar-refractivity contribution in [3.63, 3.8) is 0 Å². The molecule has 94 valence electrons. The van der Waals surface area contributed by atoms with Crippen molar-refractivity contribution in [3.05, 3.63) is 47.0 Å². The normalized spacial score (nSPS) is 14.2. The maximum Gasteiger partial charge on any atom is 0.147 e. The number of hydrogen-bond acceptors (Lipinski definition) is 3. The predicted molar refractivity (Wildman–Crippen MR) is 77.0 cm³/mol. The molecule has 0 saturated carbocycles. The zero-order valence-electron chi connectivity index (χ0n) is 10.5. The SMILES string of the molecule is CCC(C)(N)c1ncc(-c2cccc(Br)c2)cn1. The molecule has 0 aliphatic carbocycles. The summed E-state index contributed by atoms with van der Waals surface area (Å²) in [7, 11) is 0. The van der Waals surface area contributed by atoms with Crippen molar-refractivity contribution in [3.8, 4) is 11.1 Å². The lowest BCUT2D eigenvalue weighted by Gasteiger charge is -2.20. The molecule has 2 N–H and O–H groups in total. The van der Waals surface area contributed by atoms with Gasteiger partial charge < -0.3 is 5.73 Å². The molecule has 1 aromatic carbocycles. The van der Waals surface area contributed by atoms with E-state index < -0.39 is 5.54 Å². The molecule has 4 heteroatoms. The van der Waals surface area contributed by atoms with Crippen molar-refractivity contribution < 1.29 is 0 Å². The first-order valence-electron chi connectivity index (χ1n) is 5.90. The lowest BCUT2D eigenvalue weighted by atomic mass is 9.99. The van der Waals surface area contributed by atoms with Crippen LogP contribution < -0.4 is 5.73 Å². The van der Waals surface area contributed by atoms with Gasteiger partial charge in [0.05, 0.1) is 5.54 Å². The fourth-order valence-electron chi connectivity index (χ4n) is 1.60. The van der Waals surface area contributed by atoms with Gasteiger partial charge in [-0.2, -0.15) is 0 Å². The van der Waals surface area contributed by atoms with Crippen LogP contribution in [0.5, 0.6) is 0 Å². The van der Waals surface area contributed by atoms with Gasteiger partial charge in [0.2, 0.25) is 0 Å². The van der Waals surface area contributed by atoms with Crippen LogP contribution >= 0.6 is 15.9 Å². The van der Waals surface area contributed by atoms with Crippen LogP contribution in [-0.4, -0.2) is 9.97 Å². The standard InChI is InChI=1S/C14H16BrN3/c1-3-14(2,16)13-17-8-11(9-18-13)10-5-4-6-12(15)7-10/h4-9H,3,16H2,1-2H3. The van der Waals surface area contributed by atoms with Gasteiger partial charge in [-0.3, -0.25) is 0 Å². The van der Waals surface area contributed by atoms with Gasteiger partial charge in [0.1, 0.15) is 5.82 Å². The number of nitrogens with two attached hydrogens (primary N) is 1. The van der Waals surface area contributed by atoms with E-state index >= 15 is 0 Å². The molecule has 1 heterocycles. The molecule has 0 aliphatic heterocycles. The van der Waals surface area contributed by atoms with E-state index in [-0.39, 0.29) is 0 Å². The molecule has 1 atom stereocenters. The van der Waals surface area contributed by atoms with Crippen LogP contribution in [0.25, 0.3) is 11.1 Å². The van der Waals surface area contributed by atoms with Gasteiger partial charge in [-0.1, -0.05) is 35.0 Å². The Hall–Kier alpha value is -1.26. The van der Waals surface area contributed by atoms with Crippen molar-refractivity contribution in [1.29, 1.82) is 0 Å². The maximum atomic E-state index is 6.12. The number of benzene rings is 1. The second kappa shape index (κ2) is 5.16. The van der Waals surface area contributed by atoms with Crippen LogP contribution in [0.1, 0.15) is 26.1 Å². The van der Waals surface area contributed by atoms with Crippen LogP contribution in [0.3, 0.4) is 0 Å². The summed E-state index contributed by atoms with van der Waals surface area (Å²) < 4.78 is 1.04. The van der Waals surface area contributed by atoms with E-state index in [2.05, 4.69) is 25.9 Å². The molecule has 1 unspecified atom stereocenters. The molecule has 1 aromatic heterocycles. The Kier molecular flexibility index (Phi) is 3.78. The summed E-state index contributed by atoms with van der Waals surface area (Å²) in [6.45, 7) is 3.98. The number of rotatable bonds is 3. The quantitative estimate of drug-likeness (QED) is 0.944. The number of hydrogen-bond donors (Lipinski definition) is 1. The second-order valence-electron chi connectivity index (χ2n) is 4.58. The van der Waals surface area contributed by atoms with Crippen LogP contribution in [-0.2, 0) is 5.54 Å². The van der Waals surface area contributed by atoms with Crippen LogP contribution in [0.4, 0.5) is 0 Å². The monoisotopic (exact) mass is 305 g/mol. The molecule has 0 amide bonds. The third-order valence-corrected chi connectivity index (χ3v) is 3.55. The molecule has 0 spiro atoms. The van der Waals surface area contributed by atoms with Crippen LogP contribution in [0, 0.1) is 0 Å². The summed E-state index contributed by atoms with van der Waals surface area (Å²) >= 11 is 3.46. The Morgan fingerprint density at radius 2 is 1.89 bits per heavy atom. The molecule has 0 radical (unpaired) electrons. The Labute approximate surface area is 116 Å². The molecule has 0 bridgehead atoms. The van der Waals surface area contributed by atoms with E-state index in [0.29, 0.717) is 5.82 Å². The molecular formula is C14H16BrN3. The molecule has 0 aliphatic rings. The van der Waals surface area contributed by atoms with Gasteiger partial charge in [0.15, 0.2) is 0 Å². The average Bonchev–Trinajstić information content (AvgIpc) is 2.39. The largest absolute Gasteiger partial charge is 0.319 e. The number of nitrogens with zero attached hydrogens (tertiary/aromatic N) is 2. The molecule has 2 aromatic rings. The first kappa shape index (κ1) is 13.2. The van der Waals surface area contributed by atoms with Crippen molar-refractivity contribution in [2.24, 2.45) is 5.73 Å². The van der Waals surface area contributed by atoms with E-state index in [9.17, 15) is 0 Å². The van der Waals surface area contributed by atoms with Crippen LogP contribution in [0.2, 0.25) is 0 Å². The summed E-state index contributed by atoms with van der Waals surface area (Å²) in [6, 6.07) is 8.06. The topological polar surface area (TPSA) is 51.8 Å². The van der Waals surface area contributed by atoms with Crippen molar-refractivity contribution in [1.82, 2.24) is 9.97 Å². The highest BCUT2D eigenvalue weighted by Crippen LogP contribution is 2.23. The summed E-state index contributed by atoms with van der Waals surface area (Å²) in [6.07, 6.45) is 4.46. The zero-order chi connectivity index (χ0) is 13.2. The molecular weight excluding hydrogens is 290 g/mol. The lowest BCUT2D eigenvalue weighted by Crippen LogP contribution is -2.34. The van der Waals surface area contributed by atoms with E-state index in [1.54, 1.807) is 0 Å². The zero-order valence-corrected chi connectivity index (χ0v) is 12.1. The highest BCUT2D eigenvalue weighted by molar-refractivity contribution is 9.10. The highest BCUT2D eigenvalue weighted by Gasteiger charge is 2.21. The smallest absolute Gasteiger partial charge is 0.147 e. The Balaban J connectivity index is 2.33. The first-order chi connectivity index (χ1) is 8.53. The molecule has 0 saturated heterocycles. The minimum atomic E-state index is -0.462. The van der Waals surface area contributed by atoms with Crippen LogP contribution in [0.15, 0.2) is 41.1 Å². The van der Waals surface area contributed by atoms with Crippen molar-refractivity contribution in [2.45, 2.75) is 25.8 Å². The fourth-order valence-corrected chi connectivity index (χ4v) is 2.00. The predicted octanol–water partition coefficient (Wildman–Crippen LogP) is 3.49. The lowest BCUT2D eigenvalue weighted by molar-refractivity contribution is 0.445. The fraction of sp³-hybridized carbons (Fsp3) is 0.286. The van der Waals surface area contributed by atoms with E-state index in [1.807, 2.05) is 50.5 Å². The third-order valence-electron chi connectivity index (χ3n) is 3.06. The minimum absolute atomic E-state index is 0.462. The second-order valence-corrected chi connectivity index (χ2v) is 5.49. The molecule has 3 nitrogen and oxygen atoms in total. The Bertz CT molecular complexity index is 535. The molecule has 2 rings (SSSR count). The van der Waals surface area contributed by atoms with Gasteiger partial charge in [-0.25, -0.2) is 9.97 Å². The van der Waals surface area contributed by atoms with Gasteiger partial charge >= 0.3 is 0 Å². The van der Waals surface area contributed by atoms with Gasteiger partial charge in [-0.05, 0) is 31.0 Å². The van der Waals surface area contributed by atoms with Crippen molar-refractivity contribution >= 4 is 15.9 Å². The maximum absolute atomic E-state index is 6.12. The third kappa shape index (κ3) is 2.76. The Morgan fingerprint density at radius 1 is 1.22 bits per heavy atom. The van der Waals surface area contributed by atoms with E-state index in [0.717, 1.165) is 22.0 Å². The van der Waals surface area contributed by atoms with E-state index in [1.165, 1.54) is 0 Å². The summed E-state index contributed by atoms with van der Waals surface area (Å²) in [5.41, 5.74) is 7.74. The first-order valence-corrected chi connectivity index (χ1v) is 6.69.